The molecule has 4 N–H and O–H groups in total. The number of ether oxygens (including phenoxy) is 2. The van der Waals surface area contributed by atoms with E-state index >= 15 is 0 Å². The minimum atomic E-state index is -2.01. The van der Waals surface area contributed by atoms with Gasteiger partial charge in [-0.05, 0) is 39.0 Å². The molecule has 1 unspecified atom stereocenters. The number of hydrogen-bond donors (Lipinski definition) is 4. The van der Waals surface area contributed by atoms with Crippen LogP contribution in [0.5, 0.6) is 5.75 Å². The predicted molar refractivity (Wildman–Crippen MR) is 127 cm³/mol. The molecule has 0 fully saturated rings. The number of aromatic nitrogens is 3. The molecule has 2 amide bonds. The summed E-state index contributed by atoms with van der Waals surface area (Å²) >= 11 is 5.80. The zero-order valence-corrected chi connectivity index (χ0v) is 20.6. The van der Waals surface area contributed by atoms with E-state index in [1.54, 1.807) is 13.8 Å². The van der Waals surface area contributed by atoms with E-state index in [-0.39, 0.29) is 52.4 Å². The molecule has 1 aromatic carbocycles. The van der Waals surface area contributed by atoms with Gasteiger partial charge in [0.15, 0.2) is 34.6 Å². The summed E-state index contributed by atoms with van der Waals surface area (Å²) < 4.78 is 37.1. The summed E-state index contributed by atoms with van der Waals surface area (Å²) in [6.45, 7) is 4.77. The van der Waals surface area contributed by atoms with Crippen molar-refractivity contribution in [1.82, 2.24) is 15.2 Å². The molecule has 2 heterocycles. The molecule has 11 nitrogen and oxygen atoms in total. The lowest BCUT2D eigenvalue weighted by Crippen LogP contribution is -2.34. The van der Waals surface area contributed by atoms with Crippen LogP contribution in [-0.4, -0.2) is 51.3 Å². The molecular weight excluding hydrogens is 516 g/mol. The van der Waals surface area contributed by atoms with E-state index in [4.69, 9.17) is 21.1 Å². The van der Waals surface area contributed by atoms with E-state index in [0.717, 1.165) is 0 Å². The number of nitrogens with one attached hydrogen (secondary N) is 3. The predicted octanol–water partition coefficient (Wildman–Crippen LogP) is 3.41. The van der Waals surface area contributed by atoms with Gasteiger partial charge in [-0.1, -0.05) is 11.6 Å². The molecule has 3 rings (SSSR count). The summed E-state index contributed by atoms with van der Waals surface area (Å²) in [4.78, 5) is 41.3. The number of carbonyl (C=O) groups is 3. The van der Waals surface area contributed by atoms with Gasteiger partial charge >= 0.3 is 5.97 Å². The summed E-state index contributed by atoms with van der Waals surface area (Å²) in [6, 6.07) is 3.82. The Morgan fingerprint density at radius 2 is 1.78 bits per heavy atom. The van der Waals surface area contributed by atoms with E-state index in [0.29, 0.717) is 12.1 Å². The normalized spacial score (nSPS) is 12.4. The third kappa shape index (κ3) is 6.19. The van der Waals surface area contributed by atoms with E-state index in [2.05, 4.69) is 25.8 Å². The Balaban J connectivity index is 1.77. The first kappa shape index (κ1) is 27.5. The minimum Gasteiger partial charge on any atom is -0.490 e. The first-order chi connectivity index (χ1) is 17.5. The molecular formula is C23H22ClF2N5O6. The number of aliphatic hydroxyl groups is 1. The van der Waals surface area contributed by atoms with Crippen molar-refractivity contribution in [3.8, 4) is 5.75 Å². The molecule has 37 heavy (non-hydrogen) atoms. The molecule has 0 saturated carbocycles. The maximum absolute atomic E-state index is 13.5. The van der Waals surface area contributed by atoms with E-state index < -0.39 is 35.0 Å². The zero-order valence-electron chi connectivity index (χ0n) is 19.8. The Labute approximate surface area is 214 Å². The number of halogens is 3. The monoisotopic (exact) mass is 537 g/mol. The molecule has 3 aromatic rings. The van der Waals surface area contributed by atoms with Crippen LogP contribution in [0.3, 0.4) is 0 Å². The highest BCUT2D eigenvalue weighted by molar-refractivity contribution is 6.34. The first-order valence-corrected chi connectivity index (χ1v) is 11.2. The van der Waals surface area contributed by atoms with Gasteiger partial charge in [0.2, 0.25) is 0 Å². The summed E-state index contributed by atoms with van der Waals surface area (Å²) in [5.41, 5.74) is -2.36. The molecule has 0 spiro atoms. The Morgan fingerprint density at radius 3 is 2.46 bits per heavy atom. The second-order valence-electron chi connectivity index (χ2n) is 7.62. The lowest BCUT2D eigenvalue weighted by molar-refractivity contribution is -0.164. The summed E-state index contributed by atoms with van der Waals surface area (Å²) in [5.74, 6) is -5.02. The first-order valence-electron chi connectivity index (χ1n) is 10.8. The Bertz CT molecular complexity index is 1350. The second-order valence-corrected chi connectivity index (χ2v) is 8.02. The number of amides is 2. The third-order valence-electron chi connectivity index (χ3n) is 4.94. The molecule has 196 valence electrons. The standard InChI is InChI=1S/C23H22ClF2N5O6/c1-4-36-17-6-11(23(3,35)22(34)37-5-2)10-27-19(17)29-21(33)16-9-18(31-30-16)28-20(32)12-7-14(25)15(26)8-13(12)24/h6-10,35H,4-5H2,1-3H3,(H,27,29,33)(H2,28,30,31,32). The van der Waals surface area contributed by atoms with Crippen molar-refractivity contribution in [3.63, 3.8) is 0 Å². The number of H-pyrrole nitrogens is 1. The highest BCUT2D eigenvalue weighted by atomic mass is 35.5. The second kappa shape index (κ2) is 11.3. The number of aromatic amines is 1. The molecule has 0 bridgehead atoms. The highest BCUT2D eigenvalue weighted by Gasteiger charge is 2.35. The molecule has 0 saturated heterocycles. The van der Waals surface area contributed by atoms with Gasteiger partial charge in [0.25, 0.3) is 11.8 Å². The number of esters is 1. The maximum atomic E-state index is 13.5. The van der Waals surface area contributed by atoms with Crippen molar-refractivity contribution >= 4 is 41.0 Å². The van der Waals surface area contributed by atoms with Crippen molar-refractivity contribution in [1.29, 1.82) is 0 Å². The molecule has 1 atom stereocenters. The molecule has 0 aliphatic carbocycles. The molecule has 14 heteroatoms. The van der Waals surface area contributed by atoms with Crippen molar-refractivity contribution in [3.05, 3.63) is 63.9 Å². The fraction of sp³-hybridized carbons (Fsp3) is 0.261. The average Bonchev–Trinajstić information content (AvgIpc) is 3.31. The van der Waals surface area contributed by atoms with Crippen LogP contribution in [0.1, 0.15) is 47.2 Å². The van der Waals surface area contributed by atoms with Gasteiger partial charge in [-0.2, -0.15) is 5.10 Å². The highest BCUT2D eigenvalue weighted by Crippen LogP contribution is 2.30. The quantitative estimate of drug-likeness (QED) is 0.239. The number of carbonyl (C=O) groups excluding carboxylic acids is 3. The number of anilines is 2. The van der Waals surface area contributed by atoms with Crippen LogP contribution in [0.4, 0.5) is 20.4 Å². The number of benzene rings is 1. The number of pyridine rings is 1. The third-order valence-corrected chi connectivity index (χ3v) is 5.25. The van der Waals surface area contributed by atoms with Gasteiger partial charge in [-0.15, -0.1) is 0 Å². The summed E-state index contributed by atoms with van der Waals surface area (Å²) in [5, 5.41) is 21.3. The van der Waals surface area contributed by atoms with Crippen molar-refractivity contribution < 1.29 is 37.7 Å². The van der Waals surface area contributed by atoms with Crippen molar-refractivity contribution in [2.24, 2.45) is 0 Å². The van der Waals surface area contributed by atoms with Crippen LogP contribution in [0, 0.1) is 11.6 Å². The fourth-order valence-electron chi connectivity index (χ4n) is 3.02. The number of rotatable bonds is 9. The van der Waals surface area contributed by atoms with Gasteiger partial charge in [0.05, 0.1) is 23.8 Å². The van der Waals surface area contributed by atoms with Gasteiger partial charge in [0.1, 0.15) is 5.69 Å². The lowest BCUT2D eigenvalue weighted by atomic mass is 9.98. The van der Waals surface area contributed by atoms with Gasteiger partial charge in [0, 0.05) is 17.8 Å². The SMILES string of the molecule is CCOC(=O)C(C)(O)c1cnc(NC(=O)c2cc(NC(=O)c3cc(F)c(F)cc3Cl)n[nH]2)c(OCC)c1. The van der Waals surface area contributed by atoms with Crippen LogP contribution in [-0.2, 0) is 15.1 Å². The molecule has 0 radical (unpaired) electrons. The van der Waals surface area contributed by atoms with E-state index in [1.165, 1.54) is 25.3 Å². The maximum Gasteiger partial charge on any atom is 0.342 e. The van der Waals surface area contributed by atoms with Crippen molar-refractivity contribution in [2.75, 3.05) is 23.8 Å². The van der Waals surface area contributed by atoms with E-state index in [1.807, 2.05) is 0 Å². The Morgan fingerprint density at radius 1 is 1.08 bits per heavy atom. The Kier molecular flexibility index (Phi) is 8.40. The average molecular weight is 538 g/mol. The minimum absolute atomic E-state index is 0.0241. The molecule has 0 aliphatic rings. The largest absolute Gasteiger partial charge is 0.490 e. The van der Waals surface area contributed by atoms with Crippen LogP contribution >= 0.6 is 11.6 Å². The topological polar surface area (TPSA) is 156 Å². The fourth-order valence-corrected chi connectivity index (χ4v) is 3.25. The summed E-state index contributed by atoms with van der Waals surface area (Å²) in [7, 11) is 0. The zero-order chi connectivity index (χ0) is 27.3. The van der Waals surface area contributed by atoms with Crippen LogP contribution in [0.2, 0.25) is 5.02 Å². The van der Waals surface area contributed by atoms with Crippen molar-refractivity contribution in [2.45, 2.75) is 26.4 Å². The molecule has 2 aromatic heterocycles. The van der Waals surface area contributed by atoms with Crippen LogP contribution in [0.15, 0.2) is 30.5 Å². The van der Waals surface area contributed by atoms with E-state index in [9.17, 15) is 28.3 Å². The van der Waals surface area contributed by atoms with Gasteiger partial charge in [-0.25, -0.2) is 18.6 Å². The van der Waals surface area contributed by atoms with Crippen LogP contribution in [0.25, 0.3) is 0 Å². The summed E-state index contributed by atoms with van der Waals surface area (Å²) in [6.07, 6.45) is 1.18. The number of nitrogens with zero attached hydrogens (tertiary/aromatic N) is 2. The molecule has 0 aliphatic heterocycles. The smallest absolute Gasteiger partial charge is 0.342 e. The lowest BCUT2D eigenvalue weighted by Gasteiger charge is -2.22. The van der Waals surface area contributed by atoms with Gasteiger partial charge in [-0.3, -0.25) is 14.7 Å². The van der Waals surface area contributed by atoms with Gasteiger partial charge < -0.3 is 25.2 Å². The number of hydrogen-bond acceptors (Lipinski definition) is 8. The van der Waals surface area contributed by atoms with Crippen LogP contribution < -0.4 is 15.4 Å². The Hall–Kier alpha value is -4.10.